The van der Waals surface area contributed by atoms with Gasteiger partial charge in [-0.2, -0.15) is 0 Å². The number of ether oxygens (including phenoxy) is 1. The first-order valence-electron chi connectivity index (χ1n) is 6.86. The van der Waals surface area contributed by atoms with Crippen LogP contribution in [0, 0.1) is 0 Å². The topological polar surface area (TPSA) is 79.3 Å². The smallest absolute Gasteiger partial charge is 0.204 e. The van der Waals surface area contributed by atoms with Gasteiger partial charge in [0.15, 0.2) is 11.6 Å². The fourth-order valence-corrected chi connectivity index (χ4v) is 1.97. The van der Waals surface area contributed by atoms with Gasteiger partial charge in [-0.15, -0.1) is 0 Å². The van der Waals surface area contributed by atoms with E-state index in [0.717, 1.165) is 12.1 Å². The summed E-state index contributed by atoms with van der Waals surface area (Å²) in [6.07, 6.45) is 0.839. The molecule has 0 amide bonds. The van der Waals surface area contributed by atoms with E-state index in [9.17, 15) is 5.11 Å². The molecule has 3 N–H and O–H groups in total. The molecule has 21 heavy (non-hydrogen) atoms. The van der Waals surface area contributed by atoms with Crippen molar-refractivity contribution >= 4 is 11.6 Å². The van der Waals surface area contributed by atoms with E-state index in [-0.39, 0.29) is 0 Å². The summed E-state index contributed by atoms with van der Waals surface area (Å²) in [4.78, 5) is 8.30. The van der Waals surface area contributed by atoms with Crippen LogP contribution in [0.5, 0.6) is 5.75 Å². The van der Waals surface area contributed by atoms with Crippen molar-refractivity contribution in [3.63, 3.8) is 0 Å². The Labute approximate surface area is 124 Å². The van der Waals surface area contributed by atoms with Crippen LogP contribution in [0.1, 0.15) is 18.6 Å². The molecule has 0 saturated carbocycles. The van der Waals surface area contributed by atoms with Crippen LogP contribution in [0.4, 0.5) is 11.6 Å². The van der Waals surface area contributed by atoms with Gasteiger partial charge in [0, 0.05) is 13.1 Å². The number of methoxy groups -OCH3 is 1. The van der Waals surface area contributed by atoms with E-state index < -0.39 is 6.10 Å². The molecule has 0 saturated heterocycles. The average molecular weight is 288 g/mol. The van der Waals surface area contributed by atoms with Crippen molar-refractivity contribution in [3.05, 3.63) is 42.2 Å². The molecule has 0 radical (unpaired) electrons. The summed E-state index contributed by atoms with van der Waals surface area (Å²) in [5.41, 5.74) is 0.852. The summed E-state index contributed by atoms with van der Waals surface area (Å²) < 4.78 is 5.34. The zero-order chi connectivity index (χ0) is 15.1. The van der Waals surface area contributed by atoms with Crippen molar-refractivity contribution in [1.29, 1.82) is 0 Å². The summed E-state index contributed by atoms with van der Waals surface area (Å²) in [5, 5.41) is 16.4. The van der Waals surface area contributed by atoms with Crippen LogP contribution in [-0.4, -0.2) is 35.3 Å². The molecule has 0 aliphatic heterocycles. The molecule has 0 aliphatic carbocycles. The number of hydrogen-bond donors (Lipinski definition) is 3. The number of anilines is 2. The van der Waals surface area contributed by atoms with Gasteiger partial charge in [0.05, 0.1) is 13.2 Å². The van der Waals surface area contributed by atoms with E-state index >= 15 is 0 Å². The Morgan fingerprint density at radius 3 is 2.43 bits per heavy atom. The molecule has 6 heteroatoms. The zero-order valence-electron chi connectivity index (χ0n) is 12.2. The van der Waals surface area contributed by atoms with Gasteiger partial charge in [0.25, 0.3) is 0 Å². The van der Waals surface area contributed by atoms with Crippen molar-refractivity contribution in [1.82, 2.24) is 9.97 Å². The Morgan fingerprint density at radius 2 is 1.81 bits per heavy atom. The number of nitrogens with zero attached hydrogens (tertiary/aromatic N) is 2. The van der Waals surface area contributed by atoms with Gasteiger partial charge in [-0.1, -0.05) is 30.3 Å². The van der Waals surface area contributed by atoms with Crippen LogP contribution in [0.3, 0.4) is 0 Å². The van der Waals surface area contributed by atoms with Crippen molar-refractivity contribution in [3.8, 4) is 5.75 Å². The molecule has 1 heterocycles. The average Bonchev–Trinajstić information content (AvgIpc) is 2.54. The molecule has 0 aliphatic rings. The molecule has 0 fully saturated rings. The second kappa shape index (κ2) is 7.44. The van der Waals surface area contributed by atoms with Gasteiger partial charge in [0.2, 0.25) is 5.75 Å². The lowest BCUT2D eigenvalue weighted by Crippen LogP contribution is -2.14. The molecule has 1 atom stereocenters. The maximum atomic E-state index is 10.2. The van der Waals surface area contributed by atoms with Crippen molar-refractivity contribution in [2.75, 3.05) is 30.8 Å². The zero-order valence-corrected chi connectivity index (χ0v) is 12.2. The number of aromatic nitrogens is 2. The van der Waals surface area contributed by atoms with E-state index in [4.69, 9.17) is 4.74 Å². The normalized spacial score (nSPS) is 11.8. The first kappa shape index (κ1) is 15.1. The summed E-state index contributed by atoms with van der Waals surface area (Å²) in [5.74, 6) is 1.73. The lowest BCUT2D eigenvalue weighted by Gasteiger charge is -2.16. The lowest BCUT2D eigenvalue weighted by molar-refractivity contribution is 0.191. The van der Waals surface area contributed by atoms with Crippen LogP contribution in [0.25, 0.3) is 0 Å². The fraction of sp³-hybridized carbons (Fsp3) is 0.333. The number of rotatable bonds is 7. The minimum atomic E-state index is -0.617. The molecule has 0 spiro atoms. The number of nitrogens with one attached hydrogen (secondary N) is 2. The Kier molecular flexibility index (Phi) is 5.34. The Hall–Kier alpha value is -2.34. The SMILES string of the molecule is CCNc1ncnc(NCC(O)c2ccccc2)c1OC. The van der Waals surface area contributed by atoms with E-state index in [2.05, 4.69) is 20.6 Å². The van der Waals surface area contributed by atoms with Gasteiger partial charge in [0.1, 0.15) is 6.33 Å². The third-order valence-electron chi connectivity index (χ3n) is 3.00. The molecule has 2 aromatic rings. The predicted molar refractivity (Wildman–Crippen MR) is 82.6 cm³/mol. The van der Waals surface area contributed by atoms with Crippen molar-refractivity contribution in [2.24, 2.45) is 0 Å². The third kappa shape index (κ3) is 3.82. The Balaban J connectivity index is 2.07. The number of aliphatic hydroxyl groups is 1. The fourth-order valence-electron chi connectivity index (χ4n) is 1.97. The maximum absolute atomic E-state index is 10.2. The molecule has 2 rings (SSSR count). The van der Waals surface area contributed by atoms with Crippen LogP contribution in [-0.2, 0) is 0 Å². The van der Waals surface area contributed by atoms with Gasteiger partial charge in [-0.25, -0.2) is 9.97 Å². The minimum Gasteiger partial charge on any atom is -0.490 e. The first-order valence-corrected chi connectivity index (χ1v) is 6.86. The second-order valence-corrected chi connectivity index (χ2v) is 4.44. The number of aliphatic hydroxyl groups excluding tert-OH is 1. The highest BCUT2D eigenvalue weighted by Crippen LogP contribution is 2.29. The number of benzene rings is 1. The van der Waals surface area contributed by atoms with Crippen LogP contribution in [0.2, 0.25) is 0 Å². The predicted octanol–water partition coefficient (Wildman–Crippen LogP) is 2.06. The Bertz CT molecular complexity index is 563. The molecule has 6 nitrogen and oxygen atoms in total. The standard InChI is InChI=1S/C15H20N4O2/c1-3-16-14-13(21-2)15(19-10-18-14)17-9-12(20)11-7-5-4-6-8-11/h4-8,10,12,20H,3,9H2,1-2H3,(H2,16,17,18,19). The second-order valence-electron chi connectivity index (χ2n) is 4.44. The molecule has 1 aromatic carbocycles. The summed E-state index contributed by atoms with van der Waals surface area (Å²) >= 11 is 0. The van der Waals surface area contributed by atoms with E-state index in [1.165, 1.54) is 6.33 Å². The van der Waals surface area contributed by atoms with Gasteiger partial charge in [-0.05, 0) is 12.5 Å². The van der Waals surface area contributed by atoms with Crippen LogP contribution in [0.15, 0.2) is 36.7 Å². The van der Waals surface area contributed by atoms with Crippen LogP contribution < -0.4 is 15.4 Å². The van der Waals surface area contributed by atoms with Crippen LogP contribution >= 0.6 is 0 Å². The third-order valence-corrected chi connectivity index (χ3v) is 3.00. The summed E-state index contributed by atoms with van der Waals surface area (Å²) in [6, 6.07) is 9.47. The van der Waals surface area contributed by atoms with Crippen molar-refractivity contribution < 1.29 is 9.84 Å². The lowest BCUT2D eigenvalue weighted by atomic mass is 10.1. The quantitative estimate of drug-likeness (QED) is 0.724. The summed E-state index contributed by atoms with van der Waals surface area (Å²) in [7, 11) is 1.57. The minimum absolute atomic E-state index is 0.336. The molecule has 1 unspecified atom stereocenters. The summed E-state index contributed by atoms with van der Waals surface area (Å²) in [6.45, 7) is 3.05. The van der Waals surface area contributed by atoms with Gasteiger partial charge >= 0.3 is 0 Å². The largest absolute Gasteiger partial charge is 0.490 e. The molecule has 0 bridgehead atoms. The molecular formula is C15H20N4O2. The van der Waals surface area contributed by atoms with E-state index in [0.29, 0.717) is 23.9 Å². The monoisotopic (exact) mass is 288 g/mol. The molecule has 112 valence electrons. The van der Waals surface area contributed by atoms with E-state index in [1.54, 1.807) is 7.11 Å². The van der Waals surface area contributed by atoms with Gasteiger partial charge < -0.3 is 20.5 Å². The Morgan fingerprint density at radius 1 is 1.14 bits per heavy atom. The highest BCUT2D eigenvalue weighted by molar-refractivity contribution is 5.63. The van der Waals surface area contributed by atoms with Gasteiger partial charge in [-0.3, -0.25) is 0 Å². The highest BCUT2D eigenvalue weighted by atomic mass is 16.5. The highest BCUT2D eigenvalue weighted by Gasteiger charge is 2.13. The number of hydrogen-bond acceptors (Lipinski definition) is 6. The first-order chi connectivity index (χ1) is 10.3. The van der Waals surface area contributed by atoms with E-state index in [1.807, 2.05) is 37.3 Å². The molecule has 1 aromatic heterocycles. The maximum Gasteiger partial charge on any atom is 0.204 e. The molecular weight excluding hydrogens is 268 g/mol. The van der Waals surface area contributed by atoms with Crippen molar-refractivity contribution in [2.45, 2.75) is 13.0 Å².